The molecule has 0 saturated heterocycles. The first-order valence-electron chi connectivity index (χ1n) is 6.10. The standard InChI is InChI=1S/C14H17FN2O2/c1-10(2)17-8-12(7-16-17)19-9-11-5-4-6-13(18-3)14(11)15/h4-8,10H,9H2,1-3H3. The lowest BCUT2D eigenvalue weighted by atomic mass is 10.2. The molecule has 0 bridgehead atoms. The van der Waals surface area contributed by atoms with Gasteiger partial charge < -0.3 is 9.47 Å². The van der Waals surface area contributed by atoms with Gasteiger partial charge in [0.2, 0.25) is 0 Å². The molecule has 0 aliphatic heterocycles. The van der Waals surface area contributed by atoms with Crippen LogP contribution in [0.3, 0.4) is 0 Å². The third-order valence-electron chi connectivity index (χ3n) is 2.76. The van der Waals surface area contributed by atoms with Gasteiger partial charge in [-0.2, -0.15) is 5.10 Å². The topological polar surface area (TPSA) is 36.3 Å². The van der Waals surface area contributed by atoms with Crippen molar-refractivity contribution in [1.82, 2.24) is 9.78 Å². The minimum atomic E-state index is -0.388. The summed E-state index contributed by atoms with van der Waals surface area (Å²) in [5, 5.41) is 4.16. The SMILES string of the molecule is COc1cccc(COc2cnn(C(C)C)c2)c1F. The van der Waals surface area contributed by atoms with Crippen molar-refractivity contribution in [3.63, 3.8) is 0 Å². The Morgan fingerprint density at radius 2 is 2.16 bits per heavy atom. The van der Waals surface area contributed by atoms with E-state index in [0.717, 1.165) is 0 Å². The van der Waals surface area contributed by atoms with Crippen molar-refractivity contribution in [2.45, 2.75) is 26.5 Å². The molecule has 19 heavy (non-hydrogen) atoms. The molecule has 2 rings (SSSR count). The summed E-state index contributed by atoms with van der Waals surface area (Å²) in [6, 6.07) is 5.25. The van der Waals surface area contributed by atoms with Gasteiger partial charge in [-0.15, -0.1) is 0 Å². The third kappa shape index (κ3) is 3.05. The summed E-state index contributed by atoms with van der Waals surface area (Å²) < 4.78 is 26.1. The van der Waals surface area contributed by atoms with E-state index in [1.54, 1.807) is 35.3 Å². The Balaban J connectivity index is 2.06. The second-order valence-electron chi connectivity index (χ2n) is 4.47. The zero-order chi connectivity index (χ0) is 13.8. The van der Waals surface area contributed by atoms with Crippen molar-refractivity contribution in [3.8, 4) is 11.5 Å². The van der Waals surface area contributed by atoms with Gasteiger partial charge >= 0.3 is 0 Å². The molecule has 102 valence electrons. The summed E-state index contributed by atoms with van der Waals surface area (Å²) in [6.45, 7) is 4.20. The van der Waals surface area contributed by atoms with Gasteiger partial charge in [0, 0.05) is 11.6 Å². The number of ether oxygens (including phenoxy) is 2. The molecular formula is C14H17FN2O2. The summed E-state index contributed by atoms with van der Waals surface area (Å²) in [4.78, 5) is 0. The van der Waals surface area contributed by atoms with Crippen LogP contribution in [0.1, 0.15) is 25.5 Å². The fraction of sp³-hybridized carbons (Fsp3) is 0.357. The number of methoxy groups -OCH3 is 1. The van der Waals surface area contributed by atoms with Crippen molar-refractivity contribution in [3.05, 3.63) is 42.0 Å². The first-order valence-corrected chi connectivity index (χ1v) is 6.10. The molecule has 1 aromatic carbocycles. The summed E-state index contributed by atoms with van der Waals surface area (Å²) in [7, 11) is 1.44. The lowest BCUT2D eigenvalue weighted by Gasteiger charge is -2.08. The lowest BCUT2D eigenvalue weighted by Crippen LogP contribution is -2.01. The average molecular weight is 264 g/mol. The average Bonchev–Trinajstić information content (AvgIpc) is 2.86. The van der Waals surface area contributed by atoms with E-state index in [1.807, 2.05) is 13.8 Å². The second-order valence-corrected chi connectivity index (χ2v) is 4.47. The normalized spacial score (nSPS) is 10.8. The fourth-order valence-electron chi connectivity index (χ4n) is 1.66. The molecule has 0 aliphatic rings. The van der Waals surface area contributed by atoms with Crippen molar-refractivity contribution >= 4 is 0 Å². The number of aromatic nitrogens is 2. The molecule has 0 N–H and O–H groups in total. The summed E-state index contributed by atoms with van der Waals surface area (Å²) in [5.74, 6) is 0.455. The zero-order valence-electron chi connectivity index (χ0n) is 11.3. The molecule has 0 fully saturated rings. The molecule has 0 unspecified atom stereocenters. The number of hydrogen-bond donors (Lipinski definition) is 0. The van der Waals surface area contributed by atoms with Crippen LogP contribution in [-0.2, 0) is 6.61 Å². The Bertz CT molecular complexity index is 552. The predicted octanol–water partition coefficient (Wildman–Crippen LogP) is 3.19. The smallest absolute Gasteiger partial charge is 0.171 e. The molecular weight excluding hydrogens is 247 g/mol. The van der Waals surface area contributed by atoms with Crippen molar-refractivity contribution in [2.75, 3.05) is 7.11 Å². The Morgan fingerprint density at radius 1 is 1.37 bits per heavy atom. The molecule has 1 heterocycles. The van der Waals surface area contributed by atoms with Crippen LogP contribution in [0, 0.1) is 5.82 Å². The van der Waals surface area contributed by atoms with E-state index in [-0.39, 0.29) is 24.2 Å². The molecule has 4 nitrogen and oxygen atoms in total. The Labute approximate surface area is 111 Å². The molecule has 0 amide bonds. The van der Waals surface area contributed by atoms with Crippen LogP contribution in [0.5, 0.6) is 11.5 Å². The Kier molecular flexibility index (Phi) is 4.04. The van der Waals surface area contributed by atoms with E-state index in [1.165, 1.54) is 7.11 Å². The minimum absolute atomic E-state index is 0.146. The lowest BCUT2D eigenvalue weighted by molar-refractivity contribution is 0.295. The number of rotatable bonds is 5. The Morgan fingerprint density at radius 3 is 2.79 bits per heavy atom. The largest absolute Gasteiger partial charge is 0.494 e. The molecule has 0 saturated carbocycles. The van der Waals surface area contributed by atoms with Crippen LogP contribution in [0.15, 0.2) is 30.6 Å². The molecule has 5 heteroatoms. The van der Waals surface area contributed by atoms with Crippen LogP contribution in [0.25, 0.3) is 0 Å². The van der Waals surface area contributed by atoms with Crippen LogP contribution in [0.4, 0.5) is 4.39 Å². The molecule has 2 aromatic rings. The summed E-state index contributed by atoms with van der Waals surface area (Å²) in [5.41, 5.74) is 0.455. The highest BCUT2D eigenvalue weighted by atomic mass is 19.1. The van der Waals surface area contributed by atoms with E-state index in [0.29, 0.717) is 11.3 Å². The van der Waals surface area contributed by atoms with Crippen molar-refractivity contribution in [2.24, 2.45) is 0 Å². The monoisotopic (exact) mass is 264 g/mol. The first kappa shape index (κ1) is 13.4. The molecule has 0 spiro atoms. The highest BCUT2D eigenvalue weighted by molar-refractivity contribution is 5.31. The zero-order valence-corrected chi connectivity index (χ0v) is 11.3. The van der Waals surface area contributed by atoms with E-state index in [4.69, 9.17) is 9.47 Å². The van der Waals surface area contributed by atoms with E-state index in [9.17, 15) is 4.39 Å². The number of benzene rings is 1. The number of halogens is 1. The van der Waals surface area contributed by atoms with E-state index < -0.39 is 0 Å². The maximum absolute atomic E-state index is 13.9. The summed E-state index contributed by atoms with van der Waals surface area (Å²) in [6.07, 6.45) is 3.42. The van der Waals surface area contributed by atoms with Gasteiger partial charge in [0.25, 0.3) is 0 Å². The van der Waals surface area contributed by atoms with Gasteiger partial charge in [-0.05, 0) is 19.9 Å². The highest BCUT2D eigenvalue weighted by Crippen LogP contribution is 2.21. The summed E-state index contributed by atoms with van der Waals surface area (Å²) >= 11 is 0. The second kappa shape index (κ2) is 5.73. The van der Waals surface area contributed by atoms with Crippen LogP contribution >= 0.6 is 0 Å². The fourth-order valence-corrected chi connectivity index (χ4v) is 1.66. The molecule has 1 aromatic heterocycles. The van der Waals surface area contributed by atoms with Crippen molar-refractivity contribution in [1.29, 1.82) is 0 Å². The third-order valence-corrected chi connectivity index (χ3v) is 2.76. The van der Waals surface area contributed by atoms with Gasteiger partial charge in [0.05, 0.1) is 19.5 Å². The van der Waals surface area contributed by atoms with Gasteiger partial charge in [0.15, 0.2) is 17.3 Å². The van der Waals surface area contributed by atoms with E-state index >= 15 is 0 Å². The Hall–Kier alpha value is -2.04. The van der Waals surface area contributed by atoms with Gasteiger partial charge in [0.1, 0.15) is 6.61 Å². The first-order chi connectivity index (χ1) is 9.11. The molecule has 0 radical (unpaired) electrons. The van der Waals surface area contributed by atoms with Gasteiger partial charge in [-0.3, -0.25) is 4.68 Å². The number of nitrogens with zero attached hydrogens (tertiary/aromatic N) is 2. The van der Waals surface area contributed by atoms with Gasteiger partial charge in [-0.1, -0.05) is 12.1 Å². The van der Waals surface area contributed by atoms with Crippen LogP contribution < -0.4 is 9.47 Å². The quantitative estimate of drug-likeness (QED) is 0.832. The maximum Gasteiger partial charge on any atom is 0.171 e. The van der Waals surface area contributed by atoms with Crippen LogP contribution in [-0.4, -0.2) is 16.9 Å². The predicted molar refractivity (Wildman–Crippen MR) is 69.9 cm³/mol. The molecule has 0 aliphatic carbocycles. The van der Waals surface area contributed by atoms with Crippen molar-refractivity contribution < 1.29 is 13.9 Å². The van der Waals surface area contributed by atoms with Gasteiger partial charge in [-0.25, -0.2) is 4.39 Å². The highest BCUT2D eigenvalue weighted by Gasteiger charge is 2.09. The minimum Gasteiger partial charge on any atom is -0.494 e. The van der Waals surface area contributed by atoms with E-state index in [2.05, 4.69) is 5.10 Å². The van der Waals surface area contributed by atoms with Crippen LogP contribution in [0.2, 0.25) is 0 Å². The maximum atomic E-state index is 13.9. The molecule has 0 atom stereocenters. The number of hydrogen-bond acceptors (Lipinski definition) is 3.